The maximum absolute atomic E-state index is 5.05. The second-order valence-electron chi connectivity index (χ2n) is 2.89. The lowest BCUT2D eigenvalue weighted by molar-refractivity contribution is 0.102. The van der Waals surface area contributed by atoms with Crippen molar-refractivity contribution >= 4 is 5.71 Å². The second kappa shape index (κ2) is 3.37. The van der Waals surface area contributed by atoms with Crippen molar-refractivity contribution in [3.05, 3.63) is 24.3 Å². The second-order valence-corrected chi connectivity index (χ2v) is 2.89. The zero-order valence-electron chi connectivity index (χ0n) is 7.00. The van der Waals surface area contributed by atoms with Crippen LogP contribution in [-0.2, 0) is 4.84 Å². The number of nitrogens with zero attached hydrogens (tertiary/aromatic N) is 1. The molecule has 0 aromatic rings. The predicted molar refractivity (Wildman–Crippen MR) is 46.6 cm³/mol. The first-order valence-electron chi connectivity index (χ1n) is 3.74. The first-order valence-corrected chi connectivity index (χ1v) is 3.74. The summed E-state index contributed by atoms with van der Waals surface area (Å²) in [4.78, 5) is 5.05. The molecule has 1 rings (SSSR count). The van der Waals surface area contributed by atoms with Gasteiger partial charge < -0.3 is 4.84 Å². The van der Waals surface area contributed by atoms with Crippen LogP contribution in [0.5, 0.6) is 0 Å². The van der Waals surface area contributed by atoms with Crippen LogP contribution in [0.4, 0.5) is 0 Å². The summed E-state index contributed by atoms with van der Waals surface area (Å²) < 4.78 is 0. The lowest BCUT2D eigenvalue weighted by atomic mass is 10.1. The van der Waals surface area contributed by atoms with E-state index >= 15 is 0 Å². The van der Waals surface area contributed by atoms with Crippen LogP contribution in [0.1, 0.15) is 20.3 Å². The van der Waals surface area contributed by atoms with E-state index < -0.39 is 0 Å². The van der Waals surface area contributed by atoms with E-state index in [1.807, 2.05) is 26.0 Å². The minimum Gasteiger partial charge on any atom is -0.388 e. The number of oxime groups is 1. The molecule has 1 heterocycles. The third-order valence-corrected chi connectivity index (χ3v) is 1.38. The number of hydrogen-bond donors (Lipinski definition) is 0. The van der Waals surface area contributed by atoms with Gasteiger partial charge in [-0.3, -0.25) is 0 Å². The summed E-state index contributed by atoms with van der Waals surface area (Å²) in [7, 11) is 0. The Balaban J connectivity index is 2.50. The van der Waals surface area contributed by atoms with E-state index in [2.05, 4.69) is 11.7 Å². The summed E-state index contributed by atoms with van der Waals surface area (Å²) in [6, 6.07) is 0. The van der Waals surface area contributed by atoms with E-state index in [1.165, 1.54) is 0 Å². The quantitative estimate of drug-likeness (QED) is 0.555. The molecule has 0 bridgehead atoms. The Morgan fingerprint density at radius 1 is 1.82 bits per heavy atom. The van der Waals surface area contributed by atoms with Crippen LogP contribution in [0.3, 0.4) is 0 Å². The first kappa shape index (κ1) is 8.05. The molecule has 0 saturated carbocycles. The summed E-state index contributed by atoms with van der Waals surface area (Å²) in [5.41, 5.74) is 2.06. The first-order chi connectivity index (χ1) is 5.18. The van der Waals surface area contributed by atoms with Gasteiger partial charge in [-0.15, -0.1) is 0 Å². The molecule has 2 heteroatoms. The van der Waals surface area contributed by atoms with Crippen molar-refractivity contribution in [3.63, 3.8) is 0 Å². The van der Waals surface area contributed by atoms with Gasteiger partial charge in [0.25, 0.3) is 0 Å². The highest BCUT2D eigenvalue weighted by Crippen LogP contribution is 2.07. The van der Waals surface area contributed by atoms with Gasteiger partial charge in [0.05, 0.1) is 5.71 Å². The van der Waals surface area contributed by atoms with E-state index in [1.54, 1.807) is 0 Å². The van der Waals surface area contributed by atoms with Crippen molar-refractivity contribution in [2.75, 3.05) is 0 Å². The molecule has 0 fully saturated rings. The van der Waals surface area contributed by atoms with Crippen LogP contribution >= 0.6 is 0 Å². The molecular weight excluding hydrogens is 138 g/mol. The smallest absolute Gasteiger partial charge is 0.143 e. The fraction of sp³-hybridized carbons (Fsp3) is 0.444. The lowest BCUT2D eigenvalue weighted by Gasteiger charge is -2.11. The number of allylic oxidation sites excluding steroid dienone is 2. The lowest BCUT2D eigenvalue weighted by Crippen LogP contribution is -2.09. The van der Waals surface area contributed by atoms with Crippen LogP contribution in [0.15, 0.2) is 29.5 Å². The molecule has 1 aliphatic rings. The highest BCUT2D eigenvalue weighted by molar-refractivity contribution is 5.96. The highest BCUT2D eigenvalue weighted by atomic mass is 16.6. The molecule has 0 saturated heterocycles. The number of rotatable bonds is 2. The van der Waals surface area contributed by atoms with Crippen molar-refractivity contribution < 1.29 is 4.84 Å². The van der Waals surface area contributed by atoms with Gasteiger partial charge in [-0.2, -0.15) is 0 Å². The van der Waals surface area contributed by atoms with Gasteiger partial charge in [0.1, 0.15) is 6.10 Å². The zero-order chi connectivity index (χ0) is 8.27. The third kappa shape index (κ3) is 2.58. The summed E-state index contributed by atoms with van der Waals surface area (Å²) in [5.74, 6) is 0. The predicted octanol–water partition coefficient (Wildman–Crippen LogP) is 2.28. The molecule has 0 radical (unpaired) electrons. The molecule has 1 atom stereocenters. The van der Waals surface area contributed by atoms with Crippen molar-refractivity contribution in [2.45, 2.75) is 26.4 Å². The molecule has 0 aromatic carbocycles. The van der Waals surface area contributed by atoms with E-state index in [4.69, 9.17) is 4.84 Å². The van der Waals surface area contributed by atoms with Gasteiger partial charge in [-0.05, 0) is 26.0 Å². The molecule has 0 aliphatic carbocycles. The van der Waals surface area contributed by atoms with E-state index in [0.29, 0.717) is 0 Å². The van der Waals surface area contributed by atoms with E-state index in [0.717, 1.165) is 17.7 Å². The van der Waals surface area contributed by atoms with Crippen molar-refractivity contribution in [3.8, 4) is 0 Å². The molecule has 0 amide bonds. The van der Waals surface area contributed by atoms with E-state index in [9.17, 15) is 0 Å². The van der Waals surface area contributed by atoms with Crippen LogP contribution in [0, 0.1) is 0 Å². The summed E-state index contributed by atoms with van der Waals surface area (Å²) in [5, 5.41) is 3.92. The SMILES string of the molecule is C=C(C)CC1=NOC(C)C=C1. The van der Waals surface area contributed by atoms with Crippen molar-refractivity contribution in [2.24, 2.45) is 5.16 Å². The minimum atomic E-state index is 0.115. The van der Waals surface area contributed by atoms with Gasteiger partial charge in [-0.1, -0.05) is 17.3 Å². The molecule has 11 heavy (non-hydrogen) atoms. The van der Waals surface area contributed by atoms with Gasteiger partial charge in [0.15, 0.2) is 0 Å². The van der Waals surface area contributed by atoms with Gasteiger partial charge in [0.2, 0.25) is 0 Å². The summed E-state index contributed by atoms with van der Waals surface area (Å²) in [6.45, 7) is 7.73. The zero-order valence-corrected chi connectivity index (χ0v) is 7.00. The molecule has 0 spiro atoms. The topological polar surface area (TPSA) is 21.6 Å². The molecule has 60 valence electrons. The van der Waals surface area contributed by atoms with E-state index in [-0.39, 0.29) is 6.10 Å². The minimum absolute atomic E-state index is 0.115. The fourth-order valence-corrected chi connectivity index (χ4v) is 0.863. The Morgan fingerprint density at radius 3 is 3.00 bits per heavy atom. The highest BCUT2D eigenvalue weighted by Gasteiger charge is 2.04. The Morgan fingerprint density at radius 2 is 2.55 bits per heavy atom. The van der Waals surface area contributed by atoms with Crippen LogP contribution < -0.4 is 0 Å². The maximum Gasteiger partial charge on any atom is 0.143 e. The molecule has 1 unspecified atom stereocenters. The van der Waals surface area contributed by atoms with Crippen molar-refractivity contribution in [1.29, 1.82) is 0 Å². The van der Waals surface area contributed by atoms with Gasteiger partial charge in [-0.25, -0.2) is 0 Å². The molecule has 1 aliphatic heterocycles. The molecule has 0 aromatic heterocycles. The maximum atomic E-state index is 5.05. The Bertz CT molecular complexity index is 216. The monoisotopic (exact) mass is 151 g/mol. The molecule has 2 nitrogen and oxygen atoms in total. The Kier molecular flexibility index (Phi) is 2.47. The molecular formula is C9H13NO. The average Bonchev–Trinajstić information content (AvgIpc) is 1.93. The largest absolute Gasteiger partial charge is 0.388 e. The average molecular weight is 151 g/mol. The summed E-state index contributed by atoms with van der Waals surface area (Å²) in [6.07, 6.45) is 4.90. The normalized spacial score (nSPS) is 22.4. The Labute approximate surface area is 67.2 Å². The van der Waals surface area contributed by atoms with Crippen molar-refractivity contribution in [1.82, 2.24) is 0 Å². The van der Waals surface area contributed by atoms with Crippen LogP contribution in [-0.4, -0.2) is 11.8 Å². The number of hydrogen-bond acceptors (Lipinski definition) is 2. The Hall–Kier alpha value is -1.05. The van der Waals surface area contributed by atoms with Crippen LogP contribution in [0.25, 0.3) is 0 Å². The van der Waals surface area contributed by atoms with Gasteiger partial charge in [0, 0.05) is 6.42 Å². The third-order valence-electron chi connectivity index (χ3n) is 1.38. The summed E-state index contributed by atoms with van der Waals surface area (Å²) >= 11 is 0. The van der Waals surface area contributed by atoms with Crippen LogP contribution in [0.2, 0.25) is 0 Å². The van der Waals surface area contributed by atoms with Gasteiger partial charge >= 0.3 is 0 Å². The standard InChI is InChI=1S/C9H13NO/c1-7(2)6-9-5-4-8(3)11-10-9/h4-5,8H,1,6H2,2-3H3. The fourth-order valence-electron chi connectivity index (χ4n) is 0.863. The molecule has 0 N–H and O–H groups in total.